The van der Waals surface area contributed by atoms with Crippen LogP contribution in [0.5, 0.6) is 0 Å². The van der Waals surface area contributed by atoms with Crippen molar-refractivity contribution in [2.24, 2.45) is 5.73 Å². The Morgan fingerprint density at radius 2 is 2.10 bits per heavy atom. The zero-order valence-electron chi connectivity index (χ0n) is 12.5. The molecule has 20 heavy (non-hydrogen) atoms. The average Bonchev–Trinajstić information content (AvgIpc) is 2.29. The topological polar surface area (TPSA) is 64.3 Å². The number of nitrogens with one attached hydrogen (secondary N) is 1. The lowest BCUT2D eigenvalue weighted by molar-refractivity contribution is 0.0636. The summed E-state index contributed by atoms with van der Waals surface area (Å²) >= 11 is 6.10. The highest BCUT2D eigenvalue weighted by Gasteiger charge is 2.17. The average molecular weight is 299 g/mol. The number of hydrogen-bond acceptors (Lipinski definition) is 3. The number of carbonyl (C=O) groups excluding carboxylic acids is 1. The molecule has 0 saturated heterocycles. The first-order chi connectivity index (χ1) is 9.23. The van der Waals surface area contributed by atoms with Crippen molar-refractivity contribution in [2.75, 3.05) is 11.9 Å². The van der Waals surface area contributed by atoms with Crippen LogP contribution in [-0.4, -0.2) is 18.2 Å². The predicted octanol–water partition coefficient (Wildman–Crippen LogP) is 4.14. The van der Waals surface area contributed by atoms with E-state index in [0.717, 1.165) is 12.0 Å². The van der Waals surface area contributed by atoms with Gasteiger partial charge in [-0.3, -0.25) is 5.32 Å². The number of anilines is 1. The number of benzene rings is 1. The molecule has 0 bridgehead atoms. The van der Waals surface area contributed by atoms with E-state index < -0.39 is 11.7 Å². The van der Waals surface area contributed by atoms with E-state index in [0.29, 0.717) is 23.2 Å². The second kappa shape index (κ2) is 6.95. The highest BCUT2D eigenvalue weighted by molar-refractivity contribution is 6.33. The zero-order chi connectivity index (χ0) is 15.3. The Bertz CT molecular complexity index is 469. The smallest absolute Gasteiger partial charge is 0.412 e. The Hall–Kier alpha value is -1.26. The van der Waals surface area contributed by atoms with Gasteiger partial charge in [0.15, 0.2) is 0 Å². The largest absolute Gasteiger partial charge is 0.444 e. The van der Waals surface area contributed by atoms with Crippen LogP contribution >= 0.6 is 11.6 Å². The molecule has 1 atom stereocenters. The number of hydrogen-bond donors (Lipinski definition) is 2. The van der Waals surface area contributed by atoms with Gasteiger partial charge in [-0.25, -0.2) is 4.79 Å². The van der Waals surface area contributed by atoms with Gasteiger partial charge < -0.3 is 10.5 Å². The van der Waals surface area contributed by atoms with Gasteiger partial charge in [0.05, 0.1) is 10.7 Å². The fourth-order valence-corrected chi connectivity index (χ4v) is 1.94. The monoisotopic (exact) mass is 298 g/mol. The SMILES string of the molecule is CC(CCN)c1ccc(Cl)c(NC(=O)OC(C)(C)C)c1. The first kappa shape index (κ1) is 16.8. The molecule has 0 aliphatic rings. The van der Waals surface area contributed by atoms with Crippen molar-refractivity contribution in [3.8, 4) is 0 Å². The summed E-state index contributed by atoms with van der Waals surface area (Å²) < 4.78 is 5.22. The Kier molecular flexibility index (Phi) is 5.84. The van der Waals surface area contributed by atoms with Crippen LogP contribution in [-0.2, 0) is 4.74 Å². The molecule has 1 unspecified atom stereocenters. The summed E-state index contributed by atoms with van der Waals surface area (Å²) in [6.07, 6.45) is 0.371. The maximum Gasteiger partial charge on any atom is 0.412 e. The van der Waals surface area contributed by atoms with Crippen molar-refractivity contribution in [2.45, 2.75) is 45.6 Å². The molecule has 5 heteroatoms. The first-order valence-electron chi connectivity index (χ1n) is 6.72. The van der Waals surface area contributed by atoms with E-state index in [-0.39, 0.29) is 0 Å². The normalized spacial score (nSPS) is 12.9. The number of amides is 1. The summed E-state index contributed by atoms with van der Waals surface area (Å²) in [5, 5.41) is 3.17. The van der Waals surface area contributed by atoms with Crippen LogP contribution < -0.4 is 11.1 Å². The molecule has 0 saturated carbocycles. The van der Waals surface area contributed by atoms with Gasteiger partial charge in [0.1, 0.15) is 5.60 Å². The van der Waals surface area contributed by atoms with Crippen molar-refractivity contribution in [1.82, 2.24) is 0 Å². The molecule has 112 valence electrons. The summed E-state index contributed by atoms with van der Waals surface area (Å²) in [4.78, 5) is 11.8. The Morgan fingerprint density at radius 3 is 2.65 bits per heavy atom. The lowest BCUT2D eigenvalue weighted by Gasteiger charge is -2.20. The van der Waals surface area contributed by atoms with E-state index in [1.165, 1.54) is 0 Å². The minimum absolute atomic E-state index is 0.316. The van der Waals surface area contributed by atoms with Crippen molar-refractivity contribution < 1.29 is 9.53 Å². The van der Waals surface area contributed by atoms with Crippen LogP contribution in [0.4, 0.5) is 10.5 Å². The number of halogens is 1. The summed E-state index contributed by atoms with van der Waals surface area (Å²) in [6.45, 7) is 8.15. The predicted molar refractivity (Wildman–Crippen MR) is 83.4 cm³/mol. The molecule has 0 heterocycles. The zero-order valence-corrected chi connectivity index (χ0v) is 13.3. The first-order valence-corrected chi connectivity index (χ1v) is 7.10. The molecule has 1 aromatic carbocycles. The third-order valence-corrected chi connectivity index (χ3v) is 3.12. The molecular formula is C15H23ClN2O2. The second-order valence-electron chi connectivity index (χ2n) is 5.84. The van der Waals surface area contributed by atoms with Gasteiger partial charge in [0.2, 0.25) is 0 Å². The number of rotatable bonds is 4. The summed E-state index contributed by atoms with van der Waals surface area (Å²) in [6, 6.07) is 5.59. The van der Waals surface area contributed by atoms with Crippen LogP contribution in [0.15, 0.2) is 18.2 Å². The fraction of sp³-hybridized carbons (Fsp3) is 0.533. The van der Waals surface area contributed by atoms with Gasteiger partial charge in [0, 0.05) is 0 Å². The highest BCUT2D eigenvalue weighted by atomic mass is 35.5. The molecule has 0 aromatic heterocycles. The lowest BCUT2D eigenvalue weighted by Crippen LogP contribution is -2.27. The Morgan fingerprint density at radius 1 is 1.45 bits per heavy atom. The van der Waals surface area contributed by atoms with Crippen molar-refractivity contribution in [1.29, 1.82) is 0 Å². The molecule has 1 rings (SSSR count). The third kappa shape index (κ3) is 5.39. The van der Waals surface area contributed by atoms with Crippen LogP contribution in [0.3, 0.4) is 0 Å². The van der Waals surface area contributed by atoms with Gasteiger partial charge in [-0.05, 0) is 57.4 Å². The molecule has 4 nitrogen and oxygen atoms in total. The van der Waals surface area contributed by atoms with Crippen molar-refractivity contribution >= 4 is 23.4 Å². The standard InChI is InChI=1S/C15H23ClN2O2/c1-10(7-8-17)11-5-6-12(16)13(9-11)18-14(19)20-15(2,3)4/h5-6,9-10H,7-8,17H2,1-4H3,(H,18,19). The number of nitrogens with two attached hydrogens (primary N) is 1. The molecule has 3 N–H and O–H groups in total. The van der Waals surface area contributed by atoms with Crippen LogP contribution in [0.1, 0.15) is 45.6 Å². The number of ether oxygens (including phenoxy) is 1. The van der Waals surface area contributed by atoms with Crippen LogP contribution in [0.2, 0.25) is 5.02 Å². The van der Waals surface area contributed by atoms with Gasteiger partial charge in [-0.15, -0.1) is 0 Å². The van der Waals surface area contributed by atoms with Crippen LogP contribution in [0.25, 0.3) is 0 Å². The van der Waals surface area contributed by atoms with Gasteiger partial charge in [-0.2, -0.15) is 0 Å². The second-order valence-corrected chi connectivity index (χ2v) is 6.25. The summed E-state index contributed by atoms with van der Waals surface area (Å²) in [5.41, 5.74) is 6.67. The van der Waals surface area contributed by atoms with E-state index in [9.17, 15) is 4.79 Å². The maximum atomic E-state index is 11.8. The Balaban J connectivity index is 2.84. The Labute approximate surface area is 125 Å². The summed E-state index contributed by atoms with van der Waals surface area (Å²) in [5.74, 6) is 0.316. The van der Waals surface area contributed by atoms with E-state index in [2.05, 4.69) is 12.2 Å². The third-order valence-electron chi connectivity index (χ3n) is 2.79. The molecular weight excluding hydrogens is 276 g/mol. The van der Waals surface area contributed by atoms with E-state index in [1.54, 1.807) is 6.07 Å². The fourth-order valence-electron chi connectivity index (χ4n) is 1.78. The molecule has 1 amide bonds. The quantitative estimate of drug-likeness (QED) is 0.878. The molecule has 0 aliphatic heterocycles. The number of carbonyl (C=O) groups is 1. The van der Waals surface area contributed by atoms with Gasteiger partial charge in [-0.1, -0.05) is 24.6 Å². The molecule has 0 spiro atoms. The minimum Gasteiger partial charge on any atom is -0.444 e. The molecule has 0 radical (unpaired) electrons. The minimum atomic E-state index is -0.541. The van der Waals surface area contributed by atoms with Crippen molar-refractivity contribution in [3.63, 3.8) is 0 Å². The molecule has 0 fully saturated rings. The van der Waals surface area contributed by atoms with Crippen molar-refractivity contribution in [3.05, 3.63) is 28.8 Å². The van der Waals surface area contributed by atoms with Gasteiger partial charge in [0.25, 0.3) is 0 Å². The molecule has 1 aromatic rings. The van der Waals surface area contributed by atoms with E-state index in [1.807, 2.05) is 32.9 Å². The lowest BCUT2D eigenvalue weighted by atomic mass is 9.97. The van der Waals surface area contributed by atoms with E-state index >= 15 is 0 Å². The maximum absolute atomic E-state index is 11.8. The highest BCUT2D eigenvalue weighted by Crippen LogP contribution is 2.28. The van der Waals surface area contributed by atoms with Crippen LogP contribution in [0, 0.1) is 0 Å². The molecule has 0 aliphatic carbocycles. The van der Waals surface area contributed by atoms with Gasteiger partial charge >= 0.3 is 6.09 Å². The summed E-state index contributed by atoms with van der Waals surface area (Å²) in [7, 11) is 0. The van der Waals surface area contributed by atoms with E-state index in [4.69, 9.17) is 22.1 Å².